The first-order chi connectivity index (χ1) is 18.8. The van der Waals surface area contributed by atoms with Gasteiger partial charge in [-0.3, -0.25) is 9.59 Å². The van der Waals surface area contributed by atoms with Crippen LogP contribution in [0.4, 0.5) is 0 Å². The number of fused-ring (bicyclic) bond motifs is 1. The summed E-state index contributed by atoms with van der Waals surface area (Å²) in [7, 11) is 3.33. The maximum atomic E-state index is 13.6. The Balaban J connectivity index is 1.54. The number of nitrogens with zero attached hydrogens (tertiary/aromatic N) is 3. The highest BCUT2D eigenvalue weighted by molar-refractivity contribution is 6.08. The number of hydrogen-bond donors (Lipinski definition) is 3. The summed E-state index contributed by atoms with van der Waals surface area (Å²) >= 11 is 0. The van der Waals surface area contributed by atoms with Crippen LogP contribution in [0.15, 0.2) is 40.1 Å². The number of carbonyl (C=O) groups excluding carboxylic acids is 1. The number of rotatable bonds is 10. The average Bonchev–Trinajstić information content (AvgIpc) is 3.23. The monoisotopic (exact) mass is 534 g/mol. The van der Waals surface area contributed by atoms with E-state index in [9.17, 15) is 9.59 Å². The van der Waals surface area contributed by atoms with E-state index in [4.69, 9.17) is 10.5 Å². The number of amides is 1. The number of nitrogens with two attached hydrogens (primary N) is 1. The summed E-state index contributed by atoms with van der Waals surface area (Å²) in [5.41, 5.74) is 9.44. The third-order valence-electron chi connectivity index (χ3n) is 8.14. The van der Waals surface area contributed by atoms with Gasteiger partial charge in [0.2, 0.25) is 0 Å². The summed E-state index contributed by atoms with van der Waals surface area (Å²) < 4.78 is 7.73. The summed E-state index contributed by atoms with van der Waals surface area (Å²) in [5.74, 6) is 1.06. The topological polar surface area (TPSA) is 118 Å². The molecular weight excluding hydrogens is 492 g/mol. The number of likely N-dealkylation sites (tertiary alicyclic amines) is 1. The van der Waals surface area contributed by atoms with Gasteiger partial charge in [0.25, 0.3) is 11.5 Å². The number of piperidine rings is 1. The summed E-state index contributed by atoms with van der Waals surface area (Å²) in [6.45, 7) is 9.78. The van der Waals surface area contributed by atoms with Crippen molar-refractivity contribution < 1.29 is 9.53 Å². The Kier molecular flexibility index (Phi) is 9.24. The zero-order chi connectivity index (χ0) is 28.1. The summed E-state index contributed by atoms with van der Waals surface area (Å²) in [5, 5.41) is 3.90. The third kappa shape index (κ3) is 6.09. The molecule has 0 spiro atoms. The number of aliphatic imine (C=N–C) groups is 1. The standard InChI is InChI=1S/C30H42N6O3/c1-19-14-27(39-5)25(29(37)34-19)17-33-30(38)28-21(3)36(26-9-7-6-8-24(26)28)20(2)23-10-12-35(13-11-23)18-22(15-31)16-32-4/h6-9,14,16,20,22-23H,10-13,15,17-18,31H2,1-5H3,(H,33,38)(H,34,37). The zero-order valence-corrected chi connectivity index (χ0v) is 23.8. The molecule has 1 saturated heterocycles. The number of aromatic amines is 1. The van der Waals surface area contributed by atoms with Crippen LogP contribution in [0, 0.1) is 25.7 Å². The molecule has 1 aliphatic rings. The molecule has 0 bridgehead atoms. The van der Waals surface area contributed by atoms with Gasteiger partial charge in [-0.2, -0.15) is 0 Å². The molecule has 3 aromatic rings. The van der Waals surface area contributed by atoms with Crippen molar-refractivity contribution in [3.05, 3.63) is 63.2 Å². The number of pyridine rings is 1. The Labute approximate surface area is 230 Å². The van der Waals surface area contributed by atoms with Crippen molar-refractivity contribution in [2.24, 2.45) is 22.6 Å². The highest BCUT2D eigenvalue weighted by Gasteiger charge is 2.29. The molecule has 2 unspecified atom stereocenters. The summed E-state index contributed by atoms with van der Waals surface area (Å²) in [4.78, 5) is 35.6. The molecule has 210 valence electrons. The number of carbonyl (C=O) groups is 1. The number of ether oxygens (including phenoxy) is 1. The van der Waals surface area contributed by atoms with Crippen LogP contribution in [0.1, 0.15) is 53.1 Å². The molecule has 4 rings (SSSR count). The molecule has 0 radical (unpaired) electrons. The van der Waals surface area contributed by atoms with Crippen LogP contribution >= 0.6 is 0 Å². The fourth-order valence-corrected chi connectivity index (χ4v) is 6.05. The number of aryl methyl sites for hydroxylation is 1. The zero-order valence-electron chi connectivity index (χ0n) is 23.8. The van der Waals surface area contributed by atoms with Crippen molar-refractivity contribution >= 4 is 23.0 Å². The van der Waals surface area contributed by atoms with Gasteiger partial charge < -0.3 is 35.2 Å². The Morgan fingerprint density at radius 2 is 2.00 bits per heavy atom. The second-order valence-electron chi connectivity index (χ2n) is 10.6. The summed E-state index contributed by atoms with van der Waals surface area (Å²) in [6, 6.07) is 10.1. The first-order valence-electron chi connectivity index (χ1n) is 13.8. The summed E-state index contributed by atoms with van der Waals surface area (Å²) in [6.07, 6.45) is 4.14. The number of benzene rings is 1. The van der Waals surface area contributed by atoms with Crippen molar-refractivity contribution in [2.75, 3.05) is 40.3 Å². The van der Waals surface area contributed by atoms with Crippen molar-refractivity contribution in [3.8, 4) is 5.75 Å². The molecule has 2 atom stereocenters. The first-order valence-corrected chi connectivity index (χ1v) is 13.8. The van der Waals surface area contributed by atoms with Crippen LogP contribution in [0.5, 0.6) is 5.75 Å². The highest BCUT2D eigenvalue weighted by atomic mass is 16.5. The van der Waals surface area contributed by atoms with Crippen LogP contribution < -0.4 is 21.3 Å². The first kappa shape index (κ1) is 28.6. The molecule has 1 amide bonds. The SMILES string of the molecule is CN=CC(CN)CN1CCC(C(C)n2c(C)c(C(=O)NCc3c(OC)cc(C)[nH]c3=O)c3ccccc32)CC1. The van der Waals surface area contributed by atoms with Gasteiger partial charge >= 0.3 is 0 Å². The molecule has 9 heteroatoms. The molecule has 0 aliphatic carbocycles. The minimum atomic E-state index is -0.258. The second kappa shape index (κ2) is 12.6. The van der Waals surface area contributed by atoms with Crippen molar-refractivity contribution in [3.63, 3.8) is 0 Å². The molecule has 1 aromatic carbocycles. The Hall–Kier alpha value is -3.43. The predicted octanol–water partition coefficient (Wildman–Crippen LogP) is 3.43. The maximum Gasteiger partial charge on any atom is 0.256 e. The van der Waals surface area contributed by atoms with Gasteiger partial charge in [-0.25, -0.2) is 0 Å². The lowest BCUT2D eigenvalue weighted by Gasteiger charge is -2.37. The van der Waals surface area contributed by atoms with Crippen LogP contribution in [-0.2, 0) is 6.54 Å². The molecule has 1 aliphatic heterocycles. The normalized spacial score (nSPS) is 16.6. The Morgan fingerprint density at radius 1 is 1.28 bits per heavy atom. The van der Waals surface area contributed by atoms with Crippen LogP contribution in [0.3, 0.4) is 0 Å². The van der Waals surface area contributed by atoms with E-state index in [1.165, 1.54) is 7.11 Å². The van der Waals surface area contributed by atoms with Crippen molar-refractivity contribution in [1.82, 2.24) is 19.8 Å². The lowest BCUT2D eigenvalue weighted by molar-refractivity contribution is 0.0951. The fourth-order valence-electron chi connectivity index (χ4n) is 6.05. The van der Waals surface area contributed by atoms with Gasteiger partial charge in [-0.05, 0) is 64.8 Å². The van der Waals surface area contributed by atoms with Gasteiger partial charge in [0.1, 0.15) is 5.75 Å². The molecule has 9 nitrogen and oxygen atoms in total. The molecular formula is C30H42N6O3. The van der Waals surface area contributed by atoms with E-state index in [1.54, 1.807) is 20.0 Å². The van der Waals surface area contributed by atoms with Crippen LogP contribution in [-0.4, -0.2) is 66.9 Å². The highest BCUT2D eigenvalue weighted by Crippen LogP contribution is 2.35. The fraction of sp³-hybridized carbons (Fsp3) is 0.500. The van der Waals surface area contributed by atoms with E-state index in [0.29, 0.717) is 35.0 Å². The van der Waals surface area contributed by atoms with E-state index in [1.807, 2.05) is 31.3 Å². The van der Waals surface area contributed by atoms with Gasteiger partial charge in [0, 0.05) is 60.6 Å². The molecule has 4 N–H and O–H groups in total. The van der Waals surface area contributed by atoms with Gasteiger partial charge in [-0.15, -0.1) is 0 Å². The van der Waals surface area contributed by atoms with Crippen LogP contribution in [0.25, 0.3) is 10.9 Å². The lowest BCUT2D eigenvalue weighted by atomic mass is 9.89. The predicted molar refractivity (Wildman–Crippen MR) is 157 cm³/mol. The number of aromatic nitrogens is 2. The second-order valence-corrected chi connectivity index (χ2v) is 10.6. The maximum absolute atomic E-state index is 13.6. The third-order valence-corrected chi connectivity index (χ3v) is 8.14. The Bertz CT molecular complexity index is 1380. The van der Waals surface area contributed by atoms with E-state index in [2.05, 4.69) is 37.8 Å². The number of methoxy groups -OCH3 is 1. The minimum absolute atomic E-state index is 0.0805. The largest absolute Gasteiger partial charge is 0.496 e. The number of nitrogens with one attached hydrogen (secondary N) is 2. The van der Waals surface area contributed by atoms with Gasteiger partial charge in [-0.1, -0.05) is 18.2 Å². The van der Waals surface area contributed by atoms with Gasteiger partial charge in [0.15, 0.2) is 0 Å². The van der Waals surface area contributed by atoms with E-state index in [-0.39, 0.29) is 30.0 Å². The van der Waals surface area contributed by atoms with Crippen molar-refractivity contribution in [2.45, 2.75) is 46.2 Å². The van der Waals surface area contributed by atoms with E-state index >= 15 is 0 Å². The average molecular weight is 535 g/mol. The number of hydrogen-bond acceptors (Lipinski definition) is 6. The number of H-pyrrole nitrogens is 1. The lowest BCUT2D eigenvalue weighted by Crippen LogP contribution is -2.40. The quantitative estimate of drug-likeness (QED) is 0.345. The molecule has 1 fully saturated rings. The van der Waals surface area contributed by atoms with E-state index in [0.717, 1.165) is 49.1 Å². The molecule has 0 saturated carbocycles. The molecule has 3 heterocycles. The minimum Gasteiger partial charge on any atom is -0.496 e. The smallest absolute Gasteiger partial charge is 0.256 e. The Morgan fingerprint density at radius 3 is 2.67 bits per heavy atom. The van der Waals surface area contributed by atoms with Crippen LogP contribution in [0.2, 0.25) is 0 Å². The van der Waals surface area contributed by atoms with Gasteiger partial charge in [0.05, 0.1) is 24.8 Å². The molecule has 39 heavy (non-hydrogen) atoms. The molecule has 2 aromatic heterocycles. The van der Waals surface area contributed by atoms with E-state index < -0.39 is 0 Å². The number of para-hydroxylation sites is 1. The van der Waals surface area contributed by atoms with Crippen molar-refractivity contribution in [1.29, 1.82) is 0 Å².